The van der Waals surface area contributed by atoms with Crippen LogP contribution < -0.4 is 11.1 Å². The Morgan fingerprint density at radius 2 is 2.17 bits per heavy atom. The van der Waals surface area contributed by atoms with Gasteiger partial charge in [0.05, 0.1) is 6.42 Å². The Kier molecular flexibility index (Phi) is 4.25. The van der Waals surface area contributed by atoms with Gasteiger partial charge in [-0.2, -0.15) is 0 Å². The van der Waals surface area contributed by atoms with E-state index in [9.17, 15) is 4.79 Å². The maximum atomic E-state index is 13.0. The first kappa shape index (κ1) is 15.9. The summed E-state index contributed by atoms with van der Waals surface area (Å²) in [5.74, 6) is 0.289. The zero-order chi connectivity index (χ0) is 16.6. The van der Waals surface area contributed by atoms with E-state index in [-0.39, 0.29) is 11.3 Å². The maximum absolute atomic E-state index is 13.0. The van der Waals surface area contributed by atoms with E-state index >= 15 is 0 Å². The summed E-state index contributed by atoms with van der Waals surface area (Å²) in [6.45, 7) is 2.65. The number of likely N-dealkylation sites (tertiary alicyclic amines) is 1. The van der Waals surface area contributed by atoms with Crippen LogP contribution in [-0.4, -0.2) is 36.5 Å². The maximum Gasteiger partial charge on any atom is 0.227 e. The fourth-order valence-electron chi connectivity index (χ4n) is 4.90. The van der Waals surface area contributed by atoms with Crippen molar-refractivity contribution in [2.45, 2.75) is 57.4 Å². The number of carbonyl (C=O) groups is 1. The van der Waals surface area contributed by atoms with Gasteiger partial charge in [-0.3, -0.25) is 4.79 Å². The molecule has 1 aromatic rings. The molecular weight excluding hydrogens is 298 g/mol. The van der Waals surface area contributed by atoms with Crippen LogP contribution in [-0.2, 0) is 17.6 Å². The summed E-state index contributed by atoms with van der Waals surface area (Å²) >= 11 is 0. The molecule has 1 aromatic carbocycles. The van der Waals surface area contributed by atoms with Crippen LogP contribution in [0.4, 0.5) is 5.69 Å². The molecule has 4 rings (SSSR count). The Bertz CT molecular complexity index is 618. The molecule has 1 aliphatic carbocycles. The van der Waals surface area contributed by atoms with Gasteiger partial charge in [-0.05, 0) is 62.3 Å². The van der Waals surface area contributed by atoms with Crippen molar-refractivity contribution in [2.24, 2.45) is 11.1 Å². The van der Waals surface area contributed by atoms with Crippen LogP contribution in [0.3, 0.4) is 0 Å². The third-order valence-corrected chi connectivity index (χ3v) is 6.53. The summed E-state index contributed by atoms with van der Waals surface area (Å²) in [5.41, 5.74) is 10.1. The van der Waals surface area contributed by atoms with Gasteiger partial charge in [-0.15, -0.1) is 0 Å². The van der Waals surface area contributed by atoms with E-state index in [1.165, 1.54) is 36.9 Å². The van der Waals surface area contributed by atoms with Crippen molar-refractivity contribution in [3.05, 3.63) is 29.3 Å². The third-order valence-electron chi connectivity index (χ3n) is 6.53. The SMILES string of the molecule is NCC1(C2CCCCN2C(=O)Cc2ccc3c(c2)NCC3)CCC1. The minimum absolute atomic E-state index is 0.204. The van der Waals surface area contributed by atoms with Crippen LogP contribution in [0.5, 0.6) is 0 Å². The quantitative estimate of drug-likeness (QED) is 0.894. The Labute approximate surface area is 144 Å². The highest BCUT2D eigenvalue weighted by atomic mass is 16.2. The number of hydrogen-bond donors (Lipinski definition) is 2. The molecule has 1 amide bonds. The van der Waals surface area contributed by atoms with Crippen molar-refractivity contribution in [1.29, 1.82) is 0 Å². The summed E-state index contributed by atoms with van der Waals surface area (Å²) in [7, 11) is 0. The topological polar surface area (TPSA) is 58.4 Å². The number of nitrogens with two attached hydrogens (primary N) is 1. The highest BCUT2D eigenvalue weighted by molar-refractivity contribution is 5.80. The molecule has 1 saturated heterocycles. The Morgan fingerprint density at radius 1 is 1.29 bits per heavy atom. The van der Waals surface area contributed by atoms with E-state index in [2.05, 4.69) is 28.4 Å². The summed E-state index contributed by atoms with van der Waals surface area (Å²) in [5, 5.41) is 3.41. The molecule has 0 spiro atoms. The normalized spacial score (nSPS) is 24.9. The molecule has 4 heteroatoms. The number of carbonyl (C=O) groups excluding carboxylic acids is 1. The molecule has 24 heavy (non-hydrogen) atoms. The molecule has 4 nitrogen and oxygen atoms in total. The summed E-state index contributed by atoms with van der Waals surface area (Å²) in [4.78, 5) is 15.2. The van der Waals surface area contributed by atoms with E-state index < -0.39 is 0 Å². The lowest BCUT2D eigenvalue weighted by atomic mass is 9.62. The van der Waals surface area contributed by atoms with E-state index in [4.69, 9.17) is 5.73 Å². The molecule has 0 bridgehead atoms. The third kappa shape index (κ3) is 2.71. The molecule has 3 N–H and O–H groups in total. The van der Waals surface area contributed by atoms with Crippen LogP contribution in [0.15, 0.2) is 18.2 Å². The largest absolute Gasteiger partial charge is 0.384 e. The number of rotatable bonds is 4. The van der Waals surface area contributed by atoms with Crippen molar-refractivity contribution >= 4 is 11.6 Å². The lowest BCUT2D eigenvalue weighted by molar-refractivity contribution is -0.140. The van der Waals surface area contributed by atoms with Gasteiger partial charge in [-0.1, -0.05) is 18.6 Å². The summed E-state index contributed by atoms with van der Waals surface area (Å²) in [6, 6.07) is 6.84. The molecule has 1 saturated carbocycles. The first-order chi connectivity index (χ1) is 11.7. The molecule has 0 radical (unpaired) electrons. The Balaban J connectivity index is 1.49. The lowest BCUT2D eigenvalue weighted by Crippen LogP contribution is -2.58. The fourth-order valence-corrected chi connectivity index (χ4v) is 4.90. The van der Waals surface area contributed by atoms with Gasteiger partial charge >= 0.3 is 0 Å². The first-order valence-electron chi connectivity index (χ1n) is 9.57. The molecule has 2 aliphatic heterocycles. The van der Waals surface area contributed by atoms with Gasteiger partial charge in [0.1, 0.15) is 0 Å². The van der Waals surface area contributed by atoms with Crippen LogP contribution in [0.2, 0.25) is 0 Å². The van der Waals surface area contributed by atoms with Crippen molar-refractivity contribution < 1.29 is 4.79 Å². The predicted molar refractivity (Wildman–Crippen MR) is 97.0 cm³/mol. The van der Waals surface area contributed by atoms with Gasteiger partial charge in [-0.25, -0.2) is 0 Å². The van der Waals surface area contributed by atoms with Crippen LogP contribution >= 0.6 is 0 Å². The number of nitrogens with zero attached hydrogens (tertiary/aromatic N) is 1. The second-order valence-electron chi connectivity index (χ2n) is 7.86. The number of benzene rings is 1. The van der Waals surface area contributed by atoms with E-state index in [1.807, 2.05) is 0 Å². The van der Waals surface area contributed by atoms with Crippen LogP contribution in [0.25, 0.3) is 0 Å². The number of anilines is 1. The number of amides is 1. The van der Waals surface area contributed by atoms with E-state index in [0.29, 0.717) is 12.5 Å². The Hall–Kier alpha value is -1.55. The van der Waals surface area contributed by atoms with Gasteiger partial charge in [0.15, 0.2) is 0 Å². The van der Waals surface area contributed by atoms with E-state index in [0.717, 1.165) is 44.5 Å². The van der Waals surface area contributed by atoms with Crippen molar-refractivity contribution in [2.75, 3.05) is 25.0 Å². The molecule has 1 unspecified atom stereocenters. The van der Waals surface area contributed by atoms with Gasteiger partial charge < -0.3 is 16.0 Å². The molecule has 0 aromatic heterocycles. The zero-order valence-electron chi connectivity index (χ0n) is 14.5. The second kappa shape index (κ2) is 6.40. The van der Waals surface area contributed by atoms with Crippen LogP contribution in [0.1, 0.15) is 49.7 Å². The predicted octanol–water partition coefficient (Wildman–Crippen LogP) is 2.71. The van der Waals surface area contributed by atoms with Crippen molar-refractivity contribution in [1.82, 2.24) is 4.90 Å². The molecular formula is C20H29N3O. The monoisotopic (exact) mass is 327 g/mol. The molecule has 1 atom stereocenters. The van der Waals surface area contributed by atoms with Crippen molar-refractivity contribution in [3.63, 3.8) is 0 Å². The highest BCUT2D eigenvalue weighted by Gasteiger charge is 2.47. The van der Waals surface area contributed by atoms with Gasteiger partial charge in [0, 0.05) is 30.2 Å². The average Bonchev–Trinajstić information content (AvgIpc) is 3.02. The molecule has 2 heterocycles. The number of piperidine rings is 1. The van der Waals surface area contributed by atoms with Gasteiger partial charge in [0.25, 0.3) is 0 Å². The Morgan fingerprint density at radius 3 is 2.92 bits per heavy atom. The number of nitrogens with one attached hydrogen (secondary N) is 1. The standard InChI is InChI=1S/C20H29N3O/c21-14-20(8-3-9-20)18-4-1-2-11-23(18)19(24)13-15-5-6-16-7-10-22-17(16)12-15/h5-6,12,18,22H,1-4,7-11,13-14,21H2. The minimum atomic E-state index is 0.204. The smallest absolute Gasteiger partial charge is 0.227 e. The van der Waals surface area contributed by atoms with E-state index in [1.54, 1.807) is 0 Å². The fraction of sp³-hybridized carbons (Fsp3) is 0.650. The highest BCUT2D eigenvalue weighted by Crippen LogP contribution is 2.47. The van der Waals surface area contributed by atoms with Crippen LogP contribution in [0, 0.1) is 5.41 Å². The lowest BCUT2D eigenvalue weighted by Gasteiger charge is -2.53. The second-order valence-corrected chi connectivity index (χ2v) is 7.86. The molecule has 130 valence electrons. The number of fused-ring (bicyclic) bond motifs is 1. The average molecular weight is 327 g/mol. The van der Waals surface area contributed by atoms with Gasteiger partial charge in [0.2, 0.25) is 5.91 Å². The number of hydrogen-bond acceptors (Lipinski definition) is 3. The first-order valence-corrected chi connectivity index (χ1v) is 9.57. The molecule has 2 fully saturated rings. The summed E-state index contributed by atoms with van der Waals surface area (Å²) < 4.78 is 0. The zero-order valence-corrected chi connectivity index (χ0v) is 14.5. The minimum Gasteiger partial charge on any atom is -0.384 e. The summed E-state index contributed by atoms with van der Waals surface area (Å²) in [6.07, 6.45) is 8.78. The molecule has 3 aliphatic rings. The van der Waals surface area contributed by atoms with Crippen molar-refractivity contribution in [3.8, 4) is 0 Å².